The second-order valence-corrected chi connectivity index (χ2v) is 4.73. The van der Waals surface area contributed by atoms with Crippen LogP contribution in [0.3, 0.4) is 0 Å². The highest BCUT2D eigenvalue weighted by molar-refractivity contribution is 7.99. The van der Waals surface area contributed by atoms with E-state index in [4.69, 9.17) is 0 Å². The number of aromatic nitrogens is 2. The van der Waals surface area contributed by atoms with Gasteiger partial charge in [0.05, 0.1) is 0 Å². The smallest absolute Gasteiger partial charge is 0.251 e. The summed E-state index contributed by atoms with van der Waals surface area (Å²) in [7, 11) is 1.95. The maximum atomic E-state index is 11.1. The van der Waals surface area contributed by atoms with E-state index in [-0.39, 0.29) is 5.56 Å². The monoisotopic (exact) mass is 227 g/mol. The SMILES string of the molecule is CCC(NC)C(C)Sc1nccc(=O)[nH]1. The van der Waals surface area contributed by atoms with E-state index in [0.717, 1.165) is 6.42 Å². The Balaban J connectivity index is 2.65. The van der Waals surface area contributed by atoms with Gasteiger partial charge in [-0.15, -0.1) is 0 Å². The summed E-state index contributed by atoms with van der Waals surface area (Å²) < 4.78 is 0. The summed E-state index contributed by atoms with van der Waals surface area (Å²) in [4.78, 5) is 17.9. The third-order valence-corrected chi connectivity index (χ3v) is 3.45. The van der Waals surface area contributed by atoms with Gasteiger partial charge in [0.2, 0.25) is 0 Å². The predicted octanol–water partition coefficient (Wildman–Crippen LogP) is 1.25. The van der Waals surface area contributed by atoms with Crippen LogP contribution in [-0.4, -0.2) is 28.3 Å². The number of nitrogens with zero attached hydrogens (tertiary/aromatic N) is 1. The molecule has 0 saturated carbocycles. The van der Waals surface area contributed by atoms with Crippen LogP contribution in [0.15, 0.2) is 22.2 Å². The average Bonchev–Trinajstić information content (AvgIpc) is 2.19. The van der Waals surface area contributed by atoms with Crippen molar-refractivity contribution in [2.75, 3.05) is 7.05 Å². The zero-order chi connectivity index (χ0) is 11.3. The van der Waals surface area contributed by atoms with Crippen molar-refractivity contribution in [1.82, 2.24) is 15.3 Å². The van der Waals surface area contributed by atoms with Crippen LogP contribution in [0.2, 0.25) is 0 Å². The minimum atomic E-state index is -0.0998. The van der Waals surface area contributed by atoms with Crippen molar-refractivity contribution in [2.45, 2.75) is 36.7 Å². The zero-order valence-corrected chi connectivity index (χ0v) is 10.1. The van der Waals surface area contributed by atoms with Gasteiger partial charge in [-0.05, 0) is 13.5 Å². The molecule has 1 rings (SSSR count). The molecule has 0 bridgehead atoms. The molecular formula is C10H17N3OS. The van der Waals surface area contributed by atoms with Gasteiger partial charge in [-0.2, -0.15) is 0 Å². The maximum Gasteiger partial charge on any atom is 0.251 e. The van der Waals surface area contributed by atoms with Crippen LogP contribution in [0, 0.1) is 0 Å². The number of nitrogens with one attached hydrogen (secondary N) is 2. The van der Waals surface area contributed by atoms with Crippen LogP contribution < -0.4 is 10.9 Å². The van der Waals surface area contributed by atoms with Gasteiger partial charge in [0, 0.05) is 23.6 Å². The summed E-state index contributed by atoms with van der Waals surface area (Å²) in [6.45, 7) is 4.27. The predicted molar refractivity (Wildman–Crippen MR) is 63.3 cm³/mol. The summed E-state index contributed by atoms with van der Waals surface area (Å²) in [5.41, 5.74) is -0.0998. The van der Waals surface area contributed by atoms with E-state index >= 15 is 0 Å². The fraction of sp³-hybridized carbons (Fsp3) is 0.600. The molecule has 2 unspecified atom stereocenters. The van der Waals surface area contributed by atoms with Gasteiger partial charge in [0.1, 0.15) is 0 Å². The summed E-state index contributed by atoms with van der Waals surface area (Å²) in [5.74, 6) is 0. The Bertz CT molecular complexity index is 349. The van der Waals surface area contributed by atoms with Crippen LogP contribution >= 0.6 is 11.8 Å². The molecule has 15 heavy (non-hydrogen) atoms. The lowest BCUT2D eigenvalue weighted by molar-refractivity contribution is 0.540. The van der Waals surface area contributed by atoms with E-state index in [1.54, 1.807) is 11.8 Å². The second-order valence-electron chi connectivity index (χ2n) is 3.37. The van der Waals surface area contributed by atoms with Crippen molar-refractivity contribution in [3.05, 3.63) is 22.6 Å². The number of hydrogen-bond acceptors (Lipinski definition) is 4. The largest absolute Gasteiger partial charge is 0.316 e. The summed E-state index contributed by atoms with van der Waals surface area (Å²) >= 11 is 1.59. The molecule has 0 aliphatic carbocycles. The molecule has 2 N–H and O–H groups in total. The molecular weight excluding hydrogens is 210 g/mol. The van der Waals surface area contributed by atoms with E-state index in [0.29, 0.717) is 16.4 Å². The van der Waals surface area contributed by atoms with Crippen molar-refractivity contribution in [1.29, 1.82) is 0 Å². The van der Waals surface area contributed by atoms with Gasteiger partial charge >= 0.3 is 0 Å². The number of thioether (sulfide) groups is 1. The van der Waals surface area contributed by atoms with Crippen molar-refractivity contribution >= 4 is 11.8 Å². The minimum absolute atomic E-state index is 0.0998. The lowest BCUT2D eigenvalue weighted by Gasteiger charge is -2.20. The third-order valence-electron chi connectivity index (χ3n) is 2.32. The van der Waals surface area contributed by atoms with Crippen molar-refractivity contribution in [3.8, 4) is 0 Å². The van der Waals surface area contributed by atoms with Crippen LogP contribution in [0.5, 0.6) is 0 Å². The van der Waals surface area contributed by atoms with Gasteiger partial charge in [-0.1, -0.05) is 25.6 Å². The molecule has 0 fully saturated rings. The maximum absolute atomic E-state index is 11.1. The first-order valence-corrected chi connectivity index (χ1v) is 5.94. The van der Waals surface area contributed by atoms with Gasteiger partial charge < -0.3 is 10.3 Å². The number of rotatable bonds is 5. The summed E-state index contributed by atoms with van der Waals surface area (Å²) in [6.07, 6.45) is 2.59. The number of hydrogen-bond donors (Lipinski definition) is 2. The fourth-order valence-electron chi connectivity index (χ4n) is 1.44. The molecule has 0 radical (unpaired) electrons. The summed E-state index contributed by atoms with van der Waals surface area (Å²) in [5, 5.41) is 4.31. The molecule has 84 valence electrons. The molecule has 0 amide bonds. The third kappa shape index (κ3) is 3.68. The first kappa shape index (κ1) is 12.3. The van der Waals surface area contributed by atoms with E-state index in [1.165, 1.54) is 12.3 Å². The molecule has 2 atom stereocenters. The highest BCUT2D eigenvalue weighted by atomic mass is 32.2. The fourth-order valence-corrected chi connectivity index (χ4v) is 2.57. The lowest BCUT2D eigenvalue weighted by atomic mass is 10.2. The molecule has 1 aromatic rings. The lowest BCUT2D eigenvalue weighted by Crippen LogP contribution is -2.33. The quantitative estimate of drug-likeness (QED) is 0.587. The number of H-pyrrole nitrogens is 1. The molecule has 5 heteroatoms. The van der Waals surface area contributed by atoms with Crippen molar-refractivity contribution in [3.63, 3.8) is 0 Å². The van der Waals surface area contributed by atoms with Gasteiger partial charge in [0.25, 0.3) is 5.56 Å². The van der Waals surface area contributed by atoms with Gasteiger partial charge in [-0.25, -0.2) is 4.98 Å². The van der Waals surface area contributed by atoms with E-state index in [2.05, 4.69) is 29.1 Å². The Morgan fingerprint density at radius 1 is 1.67 bits per heavy atom. The molecule has 0 aliphatic heterocycles. The van der Waals surface area contributed by atoms with Gasteiger partial charge in [0.15, 0.2) is 5.16 Å². The van der Waals surface area contributed by atoms with Crippen molar-refractivity contribution < 1.29 is 0 Å². The van der Waals surface area contributed by atoms with E-state index < -0.39 is 0 Å². The van der Waals surface area contributed by atoms with Crippen LogP contribution in [-0.2, 0) is 0 Å². The molecule has 1 aromatic heterocycles. The highest BCUT2D eigenvalue weighted by Gasteiger charge is 2.15. The van der Waals surface area contributed by atoms with Crippen molar-refractivity contribution in [2.24, 2.45) is 0 Å². The molecule has 0 spiro atoms. The van der Waals surface area contributed by atoms with E-state index in [1.807, 2.05) is 7.05 Å². The number of aromatic amines is 1. The Morgan fingerprint density at radius 3 is 2.93 bits per heavy atom. The molecule has 0 aromatic carbocycles. The normalized spacial score (nSPS) is 14.9. The van der Waals surface area contributed by atoms with Crippen LogP contribution in [0.25, 0.3) is 0 Å². The van der Waals surface area contributed by atoms with E-state index in [9.17, 15) is 4.79 Å². The Labute approximate surface area is 93.9 Å². The molecule has 1 heterocycles. The van der Waals surface area contributed by atoms with Crippen LogP contribution in [0.1, 0.15) is 20.3 Å². The molecule has 4 nitrogen and oxygen atoms in total. The summed E-state index contributed by atoms with van der Waals surface area (Å²) in [6, 6.07) is 1.85. The topological polar surface area (TPSA) is 57.8 Å². The minimum Gasteiger partial charge on any atom is -0.316 e. The average molecular weight is 227 g/mol. The first-order chi connectivity index (χ1) is 7.17. The zero-order valence-electron chi connectivity index (χ0n) is 9.28. The Kier molecular flexibility index (Phi) is 4.84. The van der Waals surface area contributed by atoms with Crippen LogP contribution in [0.4, 0.5) is 0 Å². The first-order valence-electron chi connectivity index (χ1n) is 5.06. The molecule has 0 aliphatic rings. The second kappa shape index (κ2) is 5.92. The molecule has 0 saturated heterocycles. The Morgan fingerprint density at radius 2 is 2.40 bits per heavy atom. The Hall–Kier alpha value is -0.810. The van der Waals surface area contributed by atoms with Gasteiger partial charge in [-0.3, -0.25) is 4.79 Å². The standard InChI is InChI=1S/C10H17N3OS/c1-4-8(11-3)7(2)15-10-12-6-5-9(14)13-10/h5-8,11H,4H2,1-3H3,(H,12,13,14). The highest BCUT2D eigenvalue weighted by Crippen LogP contribution is 2.21.